The fraction of sp³-hybridized carbons (Fsp3) is 0.250. The zero-order valence-corrected chi connectivity index (χ0v) is 7.81. The molecular weight excluding hydrogens is 174 g/mol. The standard InChI is InChI=1S/C12H11NO/c1-3-7-11-9(5-1)13-10-6-2-4-8-12(10)14-11/h1,3-5,7-8,12H,2,6H2. The van der Waals surface area contributed by atoms with Gasteiger partial charge in [-0.05, 0) is 31.1 Å². The normalized spacial score (nSPS) is 23.1. The number of hydrogen-bond donors (Lipinski definition) is 0. The van der Waals surface area contributed by atoms with Gasteiger partial charge in [0, 0.05) is 0 Å². The molecule has 1 aliphatic carbocycles. The molecule has 70 valence electrons. The molecule has 3 rings (SSSR count). The van der Waals surface area contributed by atoms with E-state index in [2.05, 4.69) is 17.1 Å². The number of allylic oxidation sites excluding steroid dienone is 1. The molecule has 14 heavy (non-hydrogen) atoms. The van der Waals surface area contributed by atoms with E-state index in [9.17, 15) is 0 Å². The monoisotopic (exact) mass is 185 g/mol. The van der Waals surface area contributed by atoms with Gasteiger partial charge in [-0.15, -0.1) is 0 Å². The van der Waals surface area contributed by atoms with Crippen molar-refractivity contribution >= 4 is 11.4 Å². The van der Waals surface area contributed by atoms with E-state index >= 15 is 0 Å². The quantitative estimate of drug-likeness (QED) is 0.569. The molecule has 2 nitrogen and oxygen atoms in total. The van der Waals surface area contributed by atoms with Gasteiger partial charge < -0.3 is 4.74 Å². The topological polar surface area (TPSA) is 21.6 Å². The first-order valence-electron chi connectivity index (χ1n) is 4.93. The van der Waals surface area contributed by atoms with Gasteiger partial charge in [0.15, 0.2) is 6.10 Å². The predicted octanol–water partition coefficient (Wildman–Crippen LogP) is 2.87. The smallest absolute Gasteiger partial charge is 0.155 e. The molecule has 0 aromatic heterocycles. The molecule has 0 saturated heterocycles. The van der Waals surface area contributed by atoms with E-state index in [0.717, 1.165) is 30.0 Å². The van der Waals surface area contributed by atoms with Crippen LogP contribution < -0.4 is 4.74 Å². The third-order valence-electron chi connectivity index (χ3n) is 2.59. The maximum atomic E-state index is 5.82. The minimum absolute atomic E-state index is 0.0821. The number of hydrogen-bond acceptors (Lipinski definition) is 2. The van der Waals surface area contributed by atoms with E-state index in [0.29, 0.717) is 0 Å². The van der Waals surface area contributed by atoms with E-state index < -0.39 is 0 Å². The van der Waals surface area contributed by atoms with Crippen LogP contribution in [-0.4, -0.2) is 11.8 Å². The van der Waals surface area contributed by atoms with Crippen molar-refractivity contribution < 1.29 is 4.74 Å². The van der Waals surface area contributed by atoms with Gasteiger partial charge in [0.25, 0.3) is 0 Å². The Morgan fingerprint density at radius 1 is 1.29 bits per heavy atom. The Bertz CT molecular complexity index is 420. The van der Waals surface area contributed by atoms with Gasteiger partial charge in [-0.25, -0.2) is 4.99 Å². The fourth-order valence-corrected chi connectivity index (χ4v) is 1.87. The van der Waals surface area contributed by atoms with Crippen molar-refractivity contribution in [1.82, 2.24) is 0 Å². The van der Waals surface area contributed by atoms with Crippen LogP contribution in [0.2, 0.25) is 0 Å². The molecule has 0 saturated carbocycles. The first-order valence-corrected chi connectivity index (χ1v) is 4.93. The molecule has 0 N–H and O–H groups in total. The number of aliphatic imine (C=N–C) groups is 1. The van der Waals surface area contributed by atoms with Crippen LogP contribution in [0.5, 0.6) is 5.75 Å². The van der Waals surface area contributed by atoms with Gasteiger partial charge in [-0.1, -0.05) is 18.2 Å². The SMILES string of the molecule is C1=CC2Oc3ccccc3N=C2CC1. The van der Waals surface area contributed by atoms with Crippen molar-refractivity contribution in [2.24, 2.45) is 4.99 Å². The van der Waals surface area contributed by atoms with E-state index in [4.69, 9.17) is 4.74 Å². The Kier molecular flexibility index (Phi) is 1.66. The van der Waals surface area contributed by atoms with Crippen LogP contribution in [0.25, 0.3) is 0 Å². The zero-order valence-electron chi connectivity index (χ0n) is 7.81. The molecule has 1 aliphatic heterocycles. The highest BCUT2D eigenvalue weighted by molar-refractivity contribution is 5.95. The first-order chi connectivity index (χ1) is 6.93. The van der Waals surface area contributed by atoms with Crippen molar-refractivity contribution in [3.05, 3.63) is 36.4 Å². The van der Waals surface area contributed by atoms with Gasteiger partial charge in [-0.2, -0.15) is 0 Å². The Hall–Kier alpha value is -1.57. The van der Waals surface area contributed by atoms with Crippen molar-refractivity contribution in [1.29, 1.82) is 0 Å². The summed E-state index contributed by atoms with van der Waals surface area (Å²) >= 11 is 0. The lowest BCUT2D eigenvalue weighted by Gasteiger charge is -2.25. The lowest BCUT2D eigenvalue weighted by molar-refractivity contribution is 0.303. The van der Waals surface area contributed by atoms with Crippen molar-refractivity contribution in [2.45, 2.75) is 18.9 Å². The van der Waals surface area contributed by atoms with Crippen molar-refractivity contribution in [3.8, 4) is 5.75 Å². The highest BCUT2D eigenvalue weighted by Crippen LogP contribution is 2.34. The number of benzene rings is 1. The lowest BCUT2D eigenvalue weighted by atomic mass is 10.0. The highest BCUT2D eigenvalue weighted by atomic mass is 16.5. The average Bonchev–Trinajstić information content (AvgIpc) is 2.26. The highest BCUT2D eigenvalue weighted by Gasteiger charge is 2.23. The van der Waals surface area contributed by atoms with Crippen LogP contribution in [0.3, 0.4) is 0 Å². The second-order valence-corrected chi connectivity index (χ2v) is 3.58. The third-order valence-corrected chi connectivity index (χ3v) is 2.59. The molecule has 2 heteroatoms. The van der Waals surface area contributed by atoms with Crippen LogP contribution >= 0.6 is 0 Å². The number of nitrogens with zero attached hydrogens (tertiary/aromatic N) is 1. The molecule has 0 bridgehead atoms. The molecular formula is C12H11NO. The first kappa shape index (κ1) is 7.80. The molecule has 1 atom stereocenters. The predicted molar refractivity (Wildman–Crippen MR) is 56.3 cm³/mol. The molecule has 1 heterocycles. The maximum Gasteiger partial charge on any atom is 0.155 e. The second-order valence-electron chi connectivity index (χ2n) is 3.58. The van der Waals surface area contributed by atoms with Crippen LogP contribution in [0.1, 0.15) is 12.8 Å². The van der Waals surface area contributed by atoms with Crippen LogP contribution in [0.15, 0.2) is 41.4 Å². The Labute approximate surface area is 82.9 Å². The van der Waals surface area contributed by atoms with E-state index in [-0.39, 0.29) is 6.10 Å². The van der Waals surface area contributed by atoms with Gasteiger partial charge in [0.1, 0.15) is 11.4 Å². The summed E-state index contributed by atoms with van der Waals surface area (Å²) < 4.78 is 5.82. The van der Waals surface area contributed by atoms with Gasteiger partial charge >= 0.3 is 0 Å². The molecule has 0 amide bonds. The average molecular weight is 185 g/mol. The molecule has 1 aromatic carbocycles. The van der Waals surface area contributed by atoms with Crippen LogP contribution in [0, 0.1) is 0 Å². The Balaban J connectivity index is 2.09. The Morgan fingerprint density at radius 2 is 2.21 bits per heavy atom. The summed E-state index contributed by atoms with van der Waals surface area (Å²) in [5.41, 5.74) is 2.13. The van der Waals surface area contributed by atoms with E-state index in [1.165, 1.54) is 0 Å². The summed E-state index contributed by atoms with van der Waals surface area (Å²) in [6.45, 7) is 0. The number of ether oxygens (including phenoxy) is 1. The van der Waals surface area contributed by atoms with E-state index in [1.54, 1.807) is 0 Å². The summed E-state index contributed by atoms with van der Waals surface area (Å²) in [6.07, 6.45) is 6.45. The fourth-order valence-electron chi connectivity index (χ4n) is 1.87. The van der Waals surface area contributed by atoms with E-state index in [1.807, 2.05) is 24.3 Å². The van der Waals surface area contributed by atoms with Crippen molar-refractivity contribution in [3.63, 3.8) is 0 Å². The second kappa shape index (κ2) is 2.98. The summed E-state index contributed by atoms with van der Waals surface area (Å²) in [7, 11) is 0. The molecule has 2 aliphatic rings. The molecule has 0 fully saturated rings. The number of rotatable bonds is 0. The van der Waals surface area contributed by atoms with Crippen LogP contribution in [0.4, 0.5) is 5.69 Å². The minimum atomic E-state index is 0.0821. The van der Waals surface area contributed by atoms with Gasteiger partial charge in [0.05, 0.1) is 5.71 Å². The molecule has 0 radical (unpaired) electrons. The molecule has 1 unspecified atom stereocenters. The minimum Gasteiger partial charge on any atom is -0.478 e. The summed E-state index contributed by atoms with van der Waals surface area (Å²) in [5.74, 6) is 0.896. The van der Waals surface area contributed by atoms with Crippen LogP contribution in [-0.2, 0) is 0 Å². The summed E-state index contributed by atoms with van der Waals surface area (Å²) in [5, 5.41) is 0. The third kappa shape index (κ3) is 1.15. The lowest BCUT2D eigenvalue weighted by Crippen LogP contribution is -2.29. The number of fused-ring (bicyclic) bond motifs is 2. The van der Waals surface area contributed by atoms with Gasteiger partial charge in [0.2, 0.25) is 0 Å². The Morgan fingerprint density at radius 3 is 3.21 bits per heavy atom. The number of para-hydroxylation sites is 2. The zero-order chi connectivity index (χ0) is 9.38. The molecule has 0 spiro atoms. The summed E-state index contributed by atoms with van der Waals surface area (Å²) in [4.78, 5) is 4.61. The largest absolute Gasteiger partial charge is 0.478 e. The summed E-state index contributed by atoms with van der Waals surface area (Å²) in [6, 6.07) is 7.94. The van der Waals surface area contributed by atoms with Gasteiger partial charge in [-0.3, -0.25) is 0 Å². The maximum absolute atomic E-state index is 5.82. The molecule has 1 aromatic rings. The van der Waals surface area contributed by atoms with Crippen molar-refractivity contribution in [2.75, 3.05) is 0 Å².